The normalized spacial score (nSPS) is 19.0. The van der Waals surface area contributed by atoms with Crippen molar-refractivity contribution in [2.24, 2.45) is 11.8 Å². The van der Waals surface area contributed by atoms with Crippen molar-refractivity contribution in [3.63, 3.8) is 0 Å². The molecule has 0 aromatic rings. The molecule has 1 fully saturated rings. The van der Waals surface area contributed by atoms with E-state index >= 15 is 0 Å². The first-order valence-corrected chi connectivity index (χ1v) is 4.35. The zero-order chi connectivity index (χ0) is 8.97. The highest BCUT2D eigenvalue weighted by Crippen LogP contribution is 2.33. The van der Waals surface area contributed by atoms with E-state index in [0.717, 1.165) is 19.3 Å². The van der Waals surface area contributed by atoms with Gasteiger partial charge < -0.3 is 4.74 Å². The fourth-order valence-electron chi connectivity index (χ4n) is 1.36. The Morgan fingerprint density at radius 2 is 2.42 bits per heavy atom. The smallest absolute Gasteiger partial charge is 0.323 e. The molecule has 0 radical (unpaired) electrons. The molecule has 1 aliphatic carbocycles. The van der Waals surface area contributed by atoms with Gasteiger partial charge in [0, 0.05) is 0 Å². The van der Waals surface area contributed by atoms with Gasteiger partial charge in [0.15, 0.2) is 0 Å². The van der Waals surface area contributed by atoms with E-state index in [1.807, 2.05) is 6.07 Å². The molecule has 3 heteroatoms. The van der Waals surface area contributed by atoms with Crippen LogP contribution in [-0.2, 0) is 9.53 Å². The lowest BCUT2D eigenvalue weighted by atomic mass is 9.76. The van der Waals surface area contributed by atoms with E-state index in [1.54, 1.807) is 6.92 Å². The second kappa shape index (κ2) is 4.10. The van der Waals surface area contributed by atoms with Crippen LogP contribution in [0.4, 0.5) is 0 Å². The van der Waals surface area contributed by atoms with Gasteiger partial charge in [-0.05, 0) is 25.7 Å². The summed E-state index contributed by atoms with van der Waals surface area (Å²) in [7, 11) is 0. The Morgan fingerprint density at radius 1 is 1.75 bits per heavy atom. The Hall–Kier alpha value is -1.04. The fourth-order valence-corrected chi connectivity index (χ4v) is 1.36. The van der Waals surface area contributed by atoms with Gasteiger partial charge in [-0.1, -0.05) is 6.42 Å². The number of hydrogen-bond donors (Lipinski definition) is 0. The molecule has 0 saturated heterocycles. The maximum Gasteiger partial charge on any atom is 0.323 e. The monoisotopic (exact) mass is 167 g/mol. The van der Waals surface area contributed by atoms with Crippen LogP contribution in [0.5, 0.6) is 0 Å². The zero-order valence-corrected chi connectivity index (χ0v) is 7.25. The van der Waals surface area contributed by atoms with Gasteiger partial charge in [0.1, 0.15) is 5.92 Å². The van der Waals surface area contributed by atoms with Crippen molar-refractivity contribution in [2.45, 2.75) is 26.2 Å². The summed E-state index contributed by atoms with van der Waals surface area (Å²) in [6.07, 6.45) is 3.14. The number of rotatable bonds is 3. The molecule has 0 heterocycles. The van der Waals surface area contributed by atoms with Crippen molar-refractivity contribution in [2.75, 3.05) is 6.61 Å². The van der Waals surface area contributed by atoms with Crippen LogP contribution in [0.25, 0.3) is 0 Å². The standard InChI is InChI=1S/C9H13NO2/c1-2-12-9(11)8(6-10)7-4-3-5-7/h7-8H,2-5H2,1H3. The van der Waals surface area contributed by atoms with Crippen LogP contribution in [0.2, 0.25) is 0 Å². The van der Waals surface area contributed by atoms with Crippen LogP contribution in [0.3, 0.4) is 0 Å². The molecule has 3 nitrogen and oxygen atoms in total. The molecule has 66 valence electrons. The van der Waals surface area contributed by atoms with Gasteiger partial charge in [-0.3, -0.25) is 4.79 Å². The molecule has 1 atom stereocenters. The Balaban J connectivity index is 2.44. The van der Waals surface area contributed by atoms with E-state index in [-0.39, 0.29) is 11.9 Å². The quantitative estimate of drug-likeness (QED) is 0.598. The van der Waals surface area contributed by atoms with Gasteiger partial charge in [-0.25, -0.2) is 0 Å². The maximum atomic E-state index is 11.2. The second-order valence-electron chi connectivity index (χ2n) is 3.05. The largest absolute Gasteiger partial charge is 0.465 e. The van der Waals surface area contributed by atoms with Crippen LogP contribution >= 0.6 is 0 Å². The molecule has 0 N–H and O–H groups in total. The lowest BCUT2D eigenvalue weighted by Gasteiger charge is -2.27. The number of ether oxygens (including phenoxy) is 1. The van der Waals surface area contributed by atoms with E-state index in [1.165, 1.54) is 0 Å². The van der Waals surface area contributed by atoms with Crippen LogP contribution in [0, 0.1) is 23.2 Å². The third kappa shape index (κ3) is 1.76. The molecule has 1 aliphatic rings. The lowest BCUT2D eigenvalue weighted by Crippen LogP contribution is -2.29. The van der Waals surface area contributed by atoms with E-state index < -0.39 is 5.92 Å². The van der Waals surface area contributed by atoms with Crippen LogP contribution < -0.4 is 0 Å². The summed E-state index contributed by atoms with van der Waals surface area (Å²) in [5.74, 6) is -0.600. The van der Waals surface area contributed by atoms with Crippen LogP contribution in [-0.4, -0.2) is 12.6 Å². The van der Waals surface area contributed by atoms with Gasteiger partial charge >= 0.3 is 5.97 Å². The van der Waals surface area contributed by atoms with Gasteiger partial charge in [0.25, 0.3) is 0 Å². The molecule has 1 rings (SSSR count). The average molecular weight is 167 g/mol. The summed E-state index contributed by atoms with van der Waals surface area (Å²) in [5, 5.41) is 8.71. The highest BCUT2D eigenvalue weighted by Gasteiger charge is 2.33. The molecule has 0 aromatic heterocycles. The van der Waals surface area contributed by atoms with Crippen molar-refractivity contribution in [3.05, 3.63) is 0 Å². The zero-order valence-electron chi connectivity index (χ0n) is 7.25. The van der Waals surface area contributed by atoms with Gasteiger partial charge in [-0.2, -0.15) is 5.26 Å². The molecule has 0 aliphatic heterocycles. The number of carbonyl (C=O) groups is 1. The SMILES string of the molecule is CCOC(=O)C(C#N)C1CCC1. The summed E-state index contributed by atoms with van der Waals surface area (Å²) in [6.45, 7) is 2.12. The minimum Gasteiger partial charge on any atom is -0.465 e. The first-order valence-electron chi connectivity index (χ1n) is 4.35. The average Bonchev–Trinajstić information content (AvgIpc) is 1.96. The van der Waals surface area contributed by atoms with E-state index in [4.69, 9.17) is 10.00 Å². The van der Waals surface area contributed by atoms with Crippen molar-refractivity contribution in [1.82, 2.24) is 0 Å². The fraction of sp³-hybridized carbons (Fsp3) is 0.778. The van der Waals surface area contributed by atoms with Crippen molar-refractivity contribution in [3.8, 4) is 6.07 Å². The highest BCUT2D eigenvalue weighted by atomic mass is 16.5. The Kier molecular flexibility index (Phi) is 3.09. The number of hydrogen-bond acceptors (Lipinski definition) is 3. The van der Waals surface area contributed by atoms with Gasteiger partial charge in [0.05, 0.1) is 12.7 Å². The minimum atomic E-state index is -0.515. The minimum absolute atomic E-state index is 0.258. The first kappa shape index (κ1) is 9.05. The number of nitriles is 1. The van der Waals surface area contributed by atoms with E-state index in [2.05, 4.69) is 0 Å². The third-order valence-corrected chi connectivity index (χ3v) is 2.30. The molecular formula is C9H13NO2. The van der Waals surface area contributed by atoms with Crippen molar-refractivity contribution in [1.29, 1.82) is 5.26 Å². The second-order valence-corrected chi connectivity index (χ2v) is 3.05. The van der Waals surface area contributed by atoms with E-state index in [0.29, 0.717) is 6.61 Å². The number of esters is 1. The van der Waals surface area contributed by atoms with Crippen molar-refractivity contribution >= 4 is 5.97 Å². The predicted molar refractivity (Wildman–Crippen MR) is 43.1 cm³/mol. The van der Waals surface area contributed by atoms with E-state index in [9.17, 15) is 4.79 Å². The topological polar surface area (TPSA) is 50.1 Å². The third-order valence-electron chi connectivity index (χ3n) is 2.30. The Labute approximate surface area is 72.3 Å². The number of carbonyl (C=O) groups excluding carboxylic acids is 1. The summed E-state index contributed by atoms with van der Waals surface area (Å²) < 4.78 is 4.79. The molecule has 1 saturated carbocycles. The number of nitrogens with zero attached hydrogens (tertiary/aromatic N) is 1. The Morgan fingerprint density at radius 3 is 2.75 bits per heavy atom. The predicted octanol–water partition coefficient (Wildman–Crippen LogP) is 1.49. The van der Waals surface area contributed by atoms with Crippen molar-refractivity contribution < 1.29 is 9.53 Å². The molecule has 1 unspecified atom stereocenters. The maximum absolute atomic E-state index is 11.2. The molecule has 0 amide bonds. The summed E-state index contributed by atoms with van der Waals surface area (Å²) in [6, 6.07) is 2.01. The van der Waals surface area contributed by atoms with Gasteiger partial charge in [-0.15, -0.1) is 0 Å². The summed E-state index contributed by atoms with van der Waals surface area (Å²) >= 11 is 0. The first-order chi connectivity index (χ1) is 5.79. The molecule has 0 aromatic carbocycles. The molecule has 0 bridgehead atoms. The molecule has 12 heavy (non-hydrogen) atoms. The molecule has 0 spiro atoms. The molecular weight excluding hydrogens is 154 g/mol. The summed E-state index contributed by atoms with van der Waals surface area (Å²) in [5.41, 5.74) is 0. The van der Waals surface area contributed by atoms with Crippen LogP contribution in [0.15, 0.2) is 0 Å². The highest BCUT2D eigenvalue weighted by molar-refractivity contribution is 5.75. The Bertz CT molecular complexity index is 203. The van der Waals surface area contributed by atoms with Gasteiger partial charge in [0.2, 0.25) is 0 Å². The van der Waals surface area contributed by atoms with Crippen LogP contribution in [0.1, 0.15) is 26.2 Å². The summed E-state index contributed by atoms with van der Waals surface area (Å²) in [4.78, 5) is 11.2. The lowest BCUT2D eigenvalue weighted by molar-refractivity contribution is -0.148.